The molecular weight excluding hydrogens is 266 g/mol. The van der Waals surface area contributed by atoms with Gasteiger partial charge in [-0.3, -0.25) is 9.88 Å². The molecule has 1 aliphatic rings. The molecule has 0 saturated carbocycles. The Bertz CT molecular complexity index is 587. The van der Waals surface area contributed by atoms with E-state index in [2.05, 4.69) is 65.3 Å². The number of pyridine rings is 1. The molecule has 3 nitrogen and oxygen atoms in total. The van der Waals surface area contributed by atoms with Crippen molar-refractivity contribution in [1.82, 2.24) is 15.2 Å². The number of nitrogens with one attached hydrogen (secondary N) is 1. The highest BCUT2D eigenvalue weighted by molar-refractivity contribution is 7.99. The van der Waals surface area contributed by atoms with Gasteiger partial charge in [0.05, 0.1) is 5.52 Å². The van der Waals surface area contributed by atoms with Crippen molar-refractivity contribution in [2.45, 2.75) is 12.1 Å². The van der Waals surface area contributed by atoms with E-state index >= 15 is 0 Å². The number of aromatic nitrogens is 1. The monoisotopic (exact) mass is 287 g/mol. The Labute approximate surface area is 124 Å². The second-order valence-corrected chi connectivity index (χ2v) is 6.49. The molecule has 20 heavy (non-hydrogen) atoms. The average molecular weight is 287 g/mol. The van der Waals surface area contributed by atoms with Crippen LogP contribution in [0.3, 0.4) is 0 Å². The summed E-state index contributed by atoms with van der Waals surface area (Å²) in [5.74, 6) is 2.42. The van der Waals surface area contributed by atoms with Crippen molar-refractivity contribution in [1.29, 1.82) is 0 Å². The van der Waals surface area contributed by atoms with Gasteiger partial charge in [0.2, 0.25) is 0 Å². The summed E-state index contributed by atoms with van der Waals surface area (Å²) in [6.45, 7) is 1.17. The van der Waals surface area contributed by atoms with Gasteiger partial charge in [0.15, 0.2) is 0 Å². The van der Waals surface area contributed by atoms with Gasteiger partial charge in [-0.25, -0.2) is 0 Å². The number of thioether (sulfide) groups is 1. The molecule has 0 aliphatic carbocycles. The largest absolute Gasteiger partial charge is 0.312 e. The second-order valence-electron chi connectivity index (χ2n) is 5.34. The summed E-state index contributed by atoms with van der Waals surface area (Å²) in [7, 11) is 4.29. The molecule has 0 radical (unpaired) electrons. The van der Waals surface area contributed by atoms with Crippen molar-refractivity contribution in [3.8, 4) is 0 Å². The average Bonchev–Trinajstić information content (AvgIpc) is 2.50. The maximum Gasteiger partial charge on any atom is 0.0705 e. The zero-order valence-electron chi connectivity index (χ0n) is 12.0. The van der Waals surface area contributed by atoms with Crippen LogP contribution in [-0.4, -0.2) is 48.1 Å². The van der Waals surface area contributed by atoms with Crippen molar-refractivity contribution >= 4 is 22.7 Å². The van der Waals surface area contributed by atoms with E-state index in [9.17, 15) is 0 Å². The zero-order chi connectivity index (χ0) is 13.9. The minimum absolute atomic E-state index is 0.360. The standard InChI is InChI=1S/C16H21N3S/c1-17-16(15-11-20-9-8-19(15)2)13-6-5-12-4-3-7-18-14(12)10-13/h3-7,10,15-17H,8-9,11H2,1-2H3. The molecule has 0 amide bonds. The van der Waals surface area contributed by atoms with E-state index in [1.54, 1.807) is 0 Å². The van der Waals surface area contributed by atoms with Crippen molar-refractivity contribution in [3.05, 3.63) is 42.1 Å². The normalized spacial score (nSPS) is 22.0. The molecule has 2 aromatic rings. The molecule has 0 bridgehead atoms. The fraction of sp³-hybridized carbons (Fsp3) is 0.438. The Morgan fingerprint density at radius 3 is 3.10 bits per heavy atom. The molecule has 2 atom stereocenters. The first-order valence-corrected chi connectivity index (χ1v) is 8.25. The Morgan fingerprint density at radius 2 is 2.30 bits per heavy atom. The molecule has 2 unspecified atom stereocenters. The lowest BCUT2D eigenvalue weighted by Crippen LogP contribution is -2.47. The van der Waals surface area contributed by atoms with Crippen LogP contribution in [0.2, 0.25) is 0 Å². The third kappa shape index (κ3) is 2.68. The predicted molar refractivity (Wildman–Crippen MR) is 87.3 cm³/mol. The summed E-state index contributed by atoms with van der Waals surface area (Å²) in [5, 5.41) is 4.71. The summed E-state index contributed by atoms with van der Waals surface area (Å²) < 4.78 is 0. The quantitative estimate of drug-likeness (QED) is 0.939. The lowest BCUT2D eigenvalue weighted by Gasteiger charge is -2.38. The summed E-state index contributed by atoms with van der Waals surface area (Å²) in [6, 6.07) is 11.6. The van der Waals surface area contributed by atoms with Crippen LogP contribution in [-0.2, 0) is 0 Å². The van der Waals surface area contributed by atoms with Crippen LogP contribution in [0.25, 0.3) is 10.9 Å². The lowest BCUT2D eigenvalue weighted by molar-refractivity contribution is 0.221. The Balaban J connectivity index is 1.93. The number of rotatable bonds is 3. The van der Waals surface area contributed by atoms with Crippen molar-refractivity contribution in [3.63, 3.8) is 0 Å². The van der Waals surface area contributed by atoms with Crippen LogP contribution in [0.1, 0.15) is 11.6 Å². The first kappa shape index (κ1) is 13.9. The van der Waals surface area contributed by atoms with Crippen LogP contribution in [0.15, 0.2) is 36.5 Å². The van der Waals surface area contributed by atoms with E-state index in [1.807, 2.05) is 12.3 Å². The molecule has 1 N–H and O–H groups in total. The third-order valence-electron chi connectivity index (χ3n) is 4.13. The Kier molecular flexibility index (Phi) is 4.24. The van der Waals surface area contributed by atoms with Gasteiger partial charge in [-0.2, -0.15) is 11.8 Å². The number of nitrogens with zero attached hydrogens (tertiary/aromatic N) is 2. The third-order valence-corrected chi connectivity index (χ3v) is 5.18. The Morgan fingerprint density at radius 1 is 1.40 bits per heavy atom. The molecule has 1 saturated heterocycles. The summed E-state index contributed by atoms with van der Waals surface area (Å²) >= 11 is 2.05. The number of hydrogen-bond donors (Lipinski definition) is 1. The fourth-order valence-electron chi connectivity index (χ4n) is 2.91. The first-order chi connectivity index (χ1) is 9.79. The minimum atomic E-state index is 0.360. The Hall–Kier alpha value is -1.10. The molecule has 106 valence electrons. The van der Waals surface area contributed by atoms with Gasteiger partial charge in [0, 0.05) is 41.7 Å². The van der Waals surface area contributed by atoms with Crippen LogP contribution in [0, 0.1) is 0 Å². The molecular formula is C16H21N3S. The van der Waals surface area contributed by atoms with Crippen LogP contribution >= 0.6 is 11.8 Å². The van der Waals surface area contributed by atoms with Crippen molar-refractivity contribution in [2.24, 2.45) is 0 Å². The van der Waals surface area contributed by atoms with Crippen molar-refractivity contribution < 1.29 is 0 Å². The van der Waals surface area contributed by atoms with E-state index in [0.29, 0.717) is 12.1 Å². The van der Waals surface area contributed by atoms with Gasteiger partial charge in [-0.1, -0.05) is 18.2 Å². The molecule has 1 aromatic heterocycles. The topological polar surface area (TPSA) is 28.2 Å². The van der Waals surface area contributed by atoms with Gasteiger partial charge < -0.3 is 5.32 Å². The minimum Gasteiger partial charge on any atom is -0.312 e. The number of benzene rings is 1. The second kappa shape index (κ2) is 6.12. The number of likely N-dealkylation sites (N-methyl/N-ethyl adjacent to an activating group) is 2. The highest BCUT2D eigenvalue weighted by Gasteiger charge is 2.28. The smallest absolute Gasteiger partial charge is 0.0705 e. The van der Waals surface area contributed by atoms with Gasteiger partial charge in [-0.05, 0) is 31.8 Å². The molecule has 1 aromatic carbocycles. The number of hydrogen-bond acceptors (Lipinski definition) is 4. The van der Waals surface area contributed by atoms with Gasteiger partial charge in [0.25, 0.3) is 0 Å². The first-order valence-electron chi connectivity index (χ1n) is 7.09. The van der Waals surface area contributed by atoms with Crippen LogP contribution in [0.4, 0.5) is 0 Å². The summed E-state index contributed by atoms with van der Waals surface area (Å²) in [5.41, 5.74) is 2.41. The van der Waals surface area contributed by atoms with E-state index in [-0.39, 0.29) is 0 Å². The maximum absolute atomic E-state index is 4.48. The lowest BCUT2D eigenvalue weighted by atomic mass is 9.98. The van der Waals surface area contributed by atoms with Crippen LogP contribution in [0.5, 0.6) is 0 Å². The molecule has 4 heteroatoms. The maximum atomic E-state index is 4.48. The molecule has 3 rings (SSSR count). The number of fused-ring (bicyclic) bond motifs is 1. The van der Waals surface area contributed by atoms with Crippen molar-refractivity contribution in [2.75, 3.05) is 32.1 Å². The summed E-state index contributed by atoms with van der Waals surface area (Å²) in [4.78, 5) is 6.95. The van der Waals surface area contributed by atoms with E-state index in [4.69, 9.17) is 0 Å². The van der Waals surface area contributed by atoms with E-state index in [0.717, 1.165) is 5.52 Å². The molecule has 2 heterocycles. The highest BCUT2D eigenvalue weighted by atomic mass is 32.2. The zero-order valence-corrected chi connectivity index (χ0v) is 12.9. The highest BCUT2D eigenvalue weighted by Crippen LogP contribution is 2.28. The molecule has 1 fully saturated rings. The van der Waals surface area contributed by atoms with Gasteiger partial charge in [-0.15, -0.1) is 0 Å². The van der Waals surface area contributed by atoms with E-state index in [1.165, 1.54) is 29.0 Å². The van der Waals surface area contributed by atoms with Gasteiger partial charge in [0.1, 0.15) is 0 Å². The van der Waals surface area contributed by atoms with E-state index < -0.39 is 0 Å². The van der Waals surface area contributed by atoms with Gasteiger partial charge >= 0.3 is 0 Å². The predicted octanol–water partition coefficient (Wildman–Crippen LogP) is 2.54. The fourth-order valence-corrected chi connectivity index (χ4v) is 4.19. The summed E-state index contributed by atoms with van der Waals surface area (Å²) in [6.07, 6.45) is 1.86. The SMILES string of the molecule is CNC(c1ccc2cccnc2c1)C1CSCCN1C. The molecule has 1 aliphatic heterocycles. The van der Waals surface area contributed by atoms with Crippen LogP contribution < -0.4 is 5.32 Å². The molecule has 0 spiro atoms.